The second-order valence-corrected chi connectivity index (χ2v) is 10.3. The number of carbonyl (C=O) groups is 1. The molecule has 0 aliphatic carbocycles. The largest absolute Gasteiger partial charge is 0.475 e. The summed E-state index contributed by atoms with van der Waals surface area (Å²) < 4.78 is 33.6. The van der Waals surface area contributed by atoms with Crippen molar-refractivity contribution in [3.63, 3.8) is 0 Å². The lowest BCUT2D eigenvalue weighted by atomic mass is 9.88. The van der Waals surface area contributed by atoms with Gasteiger partial charge in [-0.25, -0.2) is 9.71 Å². The Kier molecular flexibility index (Phi) is 5.49. The summed E-state index contributed by atoms with van der Waals surface area (Å²) in [4.78, 5) is 18.4. The maximum atomic E-state index is 12.9. The van der Waals surface area contributed by atoms with Gasteiger partial charge in [0.2, 0.25) is 16.8 Å². The van der Waals surface area contributed by atoms with Crippen LogP contribution in [0.1, 0.15) is 44.7 Å². The van der Waals surface area contributed by atoms with Gasteiger partial charge in [0, 0.05) is 12.3 Å². The van der Waals surface area contributed by atoms with Crippen molar-refractivity contribution in [1.82, 2.24) is 24.7 Å². The van der Waals surface area contributed by atoms with Crippen LogP contribution >= 0.6 is 0 Å². The van der Waals surface area contributed by atoms with E-state index in [2.05, 4.69) is 19.9 Å². The zero-order chi connectivity index (χ0) is 23.1. The van der Waals surface area contributed by atoms with E-state index in [9.17, 15) is 13.2 Å². The van der Waals surface area contributed by atoms with Crippen molar-refractivity contribution in [3.05, 3.63) is 53.9 Å². The van der Waals surface area contributed by atoms with E-state index in [0.29, 0.717) is 5.88 Å². The van der Waals surface area contributed by atoms with E-state index < -0.39 is 21.5 Å². The third-order valence-electron chi connectivity index (χ3n) is 5.33. The van der Waals surface area contributed by atoms with Crippen molar-refractivity contribution in [2.45, 2.75) is 50.6 Å². The molecule has 32 heavy (non-hydrogen) atoms. The van der Waals surface area contributed by atoms with E-state index in [1.54, 1.807) is 6.20 Å². The monoisotopic (exact) mass is 455 g/mol. The Balaban J connectivity index is 1.89. The smallest absolute Gasteiger partial charge is 0.285 e. The molecule has 1 aliphatic heterocycles. The fourth-order valence-corrected chi connectivity index (χ4v) is 4.49. The molecule has 1 N–H and O–H groups in total. The Morgan fingerprint density at radius 3 is 2.75 bits per heavy atom. The van der Waals surface area contributed by atoms with Crippen LogP contribution in [-0.4, -0.2) is 40.9 Å². The lowest BCUT2D eigenvalue weighted by Gasteiger charge is -2.23. The highest BCUT2D eigenvalue weighted by molar-refractivity contribution is 7.90. The molecule has 4 rings (SSSR count). The van der Waals surface area contributed by atoms with Gasteiger partial charge in [0.15, 0.2) is 0 Å². The second kappa shape index (κ2) is 8.01. The predicted molar refractivity (Wildman–Crippen MR) is 118 cm³/mol. The highest BCUT2D eigenvalue weighted by Gasteiger charge is 2.29. The highest BCUT2D eigenvalue weighted by atomic mass is 32.2. The lowest BCUT2D eigenvalue weighted by molar-refractivity contribution is -0.118. The van der Waals surface area contributed by atoms with Crippen molar-refractivity contribution in [1.29, 1.82) is 0 Å². The Bertz CT molecular complexity index is 1280. The molecule has 0 unspecified atom stereocenters. The van der Waals surface area contributed by atoms with Crippen LogP contribution in [-0.2, 0) is 26.8 Å². The SMILES string of the molecule is CC(C)c1cccc2c1CC(=O)NS(=O)(=O)c1cnn(n1)C(C)(C)COc1cc-2ccn1. The number of aromatic nitrogens is 4. The number of fused-ring (bicyclic) bond motifs is 6. The van der Waals surface area contributed by atoms with E-state index in [1.165, 1.54) is 4.80 Å². The number of carbonyl (C=O) groups excluding carboxylic acids is 1. The maximum Gasteiger partial charge on any atom is 0.285 e. The zero-order valence-electron chi connectivity index (χ0n) is 18.4. The summed E-state index contributed by atoms with van der Waals surface area (Å²) in [5.74, 6) is -0.0981. The third kappa shape index (κ3) is 4.22. The van der Waals surface area contributed by atoms with E-state index >= 15 is 0 Å². The first-order chi connectivity index (χ1) is 15.1. The molecule has 2 aromatic heterocycles. The van der Waals surface area contributed by atoms with Gasteiger partial charge >= 0.3 is 0 Å². The highest BCUT2D eigenvalue weighted by Crippen LogP contribution is 2.32. The number of sulfonamides is 1. The number of rotatable bonds is 1. The topological polar surface area (TPSA) is 116 Å². The maximum absolute atomic E-state index is 12.9. The number of nitrogens with zero attached hydrogens (tertiary/aromatic N) is 4. The van der Waals surface area contributed by atoms with E-state index in [1.807, 2.05) is 58.0 Å². The van der Waals surface area contributed by atoms with Crippen molar-refractivity contribution in [2.24, 2.45) is 0 Å². The van der Waals surface area contributed by atoms with Crippen LogP contribution in [0.3, 0.4) is 0 Å². The summed E-state index contributed by atoms with van der Waals surface area (Å²) in [5, 5.41) is 7.83. The summed E-state index contributed by atoms with van der Waals surface area (Å²) in [7, 11) is -4.18. The summed E-state index contributed by atoms with van der Waals surface area (Å²) in [5.41, 5.74) is 2.61. The van der Waals surface area contributed by atoms with Gasteiger partial charge in [-0.1, -0.05) is 32.0 Å². The molecule has 1 amide bonds. The fraction of sp³-hybridized carbons (Fsp3) is 0.364. The minimum Gasteiger partial charge on any atom is -0.475 e. The van der Waals surface area contributed by atoms with Gasteiger partial charge < -0.3 is 4.74 Å². The number of benzene rings is 1. The number of amides is 1. The third-order valence-corrected chi connectivity index (χ3v) is 6.56. The molecule has 0 saturated heterocycles. The van der Waals surface area contributed by atoms with Crippen molar-refractivity contribution in [3.8, 4) is 17.0 Å². The first kappa shape index (κ1) is 21.9. The number of hydrogen-bond donors (Lipinski definition) is 1. The van der Waals surface area contributed by atoms with Crippen LogP contribution in [0.2, 0.25) is 0 Å². The molecule has 1 aromatic carbocycles. The molecule has 9 nitrogen and oxygen atoms in total. The Hall–Kier alpha value is -3.27. The molecule has 0 saturated carbocycles. The van der Waals surface area contributed by atoms with Crippen LogP contribution < -0.4 is 9.46 Å². The molecule has 1 aliphatic rings. The van der Waals surface area contributed by atoms with Gasteiger partial charge in [-0.2, -0.15) is 18.3 Å². The second-order valence-electron chi connectivity index (χ2n) is 8.69. The average Bonchev–Trinajstić information content (AvgIpc) is 3.24. The molecule has 0 fully saturated rings. The first-order valence-corrected chi connectivity index (χ1v) is 11.7. The van der Waals surface area contributed by atoms with Gasteiger partial charge in [-0.3, -0.25) is 4.79 Å². The van der Waals surface area contributed by atoms with Gasteiger partial charge in [0.05, 0.1) is 12.6 Å². The Morgan fingerprint density at radius 1 is 1.22 bits per heavy atom. The quantitative estimate of drug-likeness (QED) is 0.600. The molecule has 0 spiro atoms. The van der Waals surface area contributed by atoms with Gasteiger partial charge in [-0.15, -0.1) is 5.10 Å². The predicted octanol–water partition coefficient (Wildman–Crippen LogP) is 2.64. The molecule has 0 atom stereocenters. The van der Waals surface area contributed by atoms with Gasteiger partial charge in [0.1, 0.15) is 12.1 Å². The van der Waals surface area contributed by atoms with Gasteiger partial charge in [0.25, 0.3) is 10.0 Å². The molecule has 3 aromatic rings. The summed E-state index contributed by atoms with van der Waals surface area (Å²) in [6.07, 6.45) is 2.66. The van der Waals surface area contributed by atoms with E-state index in [-0.39, 0.29) is 24.0 Å². The molecule has 10 heteroatoms. The number of pyridine rings is 1. The fourth-order valence-electron chi connectivity index (χ4n) is 3.64. The molecule has 4 bridgehead atoms. The van der Waals surface area contributed by atoms with Gasteiger partial charge in [-0.05, 0) is 48.1 Å². The Morgan fingerprint density at radius 2 is 2.00 bits per heavy atom. The van der Waals surface area contributed by atoms with Crippen LogP contribution in [0.4, 0.5) is 0 Å². The lowest BCUT2D eigenvalue weighted by Crippen LogP contribution is -2.36. The summed E-state index contributed by atoms with van der Waals surface area (Å²) >= 11 is 0. The van der Waals surface area contributed by atoms with Crippen molar-refractivity contribution < 1.29 is 17.9 Å². The van der Waals surface area contributed by atoms with Crippen LogP contribution in [0.5, 0.6) is 5.88 Å². The summed E-state index contributed by atoms with van der Waals surface area (Å²) in [6.45, 7) is 7.84. The first-order valence-electron chi connectivity index (χ1n) is 10.3. The number of ether oxygens (including phenoxy) is 1. The molecule has 3 heterocycles. The molecule has 168 valence electrons. The normalized spacial score (nSPS) is 17.5. The Labute approximate surface area is 186 Å². The minimum atomic E-state index is -4.18. The summed E-state index contributed by atoms with van der Waals surface area (Å²) in [6, 6.07) is 9.45. The standard InChI is InChI=1S/C22H25N5O4S/c1-14(2)16-6-5-7-17-15-8-9-23-20(10-15)31-13-22(3,4)27-24-12-21(25-27)32(29,30)26-19(28)11-18(16)17/h5-10,12,14H,11,13H2,1-4H3,(H,26,28). The molecular formula is C22H25N5O4S. The van der Waals surface area contributed by atoms with E-state index in [4.69, 9.17) is 4.74 Å². The van der Waals surface area contributed by atoms with Crippen molar-refractivity contribution in [2.75, 3.05) is 6.61 Å². The van der Waals surface area contributed by atoms with Crippen molar-refractivity contribution >= 4 is 15.9 Å². The van der Waals surface area contributed by atoms with Crippen LogP contribution in [0.15, 0.2) is 47.8 Å². The molecular weight excluding hydrogens is 430 g/mol. The number of hydrogen-bond acceptors (Lipinski definition) is 7. The molecule has 0 radical (unpaired) electrons. The zero-order valence-corrected chi connectivity index (χ0v) is 19.2. The van der Waals surface area contributed by atoms with E-state index in [0.717, 1.165) is 28.5 Å². The average molecular weight is 456 g/mol. The van der Waals surface area contributed by atoms with Crippen LogP contribution in [0.25, 0.3) is 11.1 Å². The number of nitrogens with one attached hydrogen (secondary N) is 1. The van der Waals surface area contributed by atoms with Crippen LogP contribution in [0, 0.1) is 0 Å². The minimum absolute atomic E-state index is 0.110.